The highest BCUT2D eigenvalue weighted by atomic mass is 32.1. The molecule has 1 aliphatic rings. The van der Waals surface area contributed by atoms with Crippen molar-refractivity contribution in [3.8, 4) is 10.8 Å². The molecule has 3 rings (SSSR count). The monoisotopic (exact) mass is 274 g/mol. The van der Waals surface area contributed by atoms with Crippen molar-refractivity contribution in [1.82, 2.24) is 20.3 Å². The second kappa shape index (κ2) is 5.75. The molecular formula is C14H18N4S. The second-order valence-electron chi connectivity index (χ2n) is 4.80. The molecule has 1 aliphatic carbocycles. The molecule has 0 saturated carbocycles. The van der Waals surface area contributed by atoms with Crippen molar-refractivity contribution in [3.63, 3.8) is 0 Å². The van der Waals surface area contributed by atoms with Crippen molar-refractivity contribution < 1.29 is 0 Å². The molecule has 0 aliphatic heterocycles. The van der Waals surface area contributed by atoms with Gasteiger partial charge in [-0.05, 0) is 31.9 Å². The Balaban J connectivity index is 1.89. The van der Waals surface area contributed by atoms with Crippen LogP contribution in [0.3, 0.4) is 0 Å². The summed E-state index contributed by atoms with van der Waals surface area (Å²) in [7, 11) is 0. The Morgan fingerprint density at radius 1 is 1.37 bits per heavy atom. The first-order valence-corrected chi connectivity index (χ1v) is 7.68. The number of hydrogen-bond acceptors (Lipinski definition) is 5. The Kier molecular flexibility index (Phi) is 3.84. The van der Waals surface area contributed by atoms with Crippen LogP contribution in [0.25, 0.3) is 10.8 Å². The van der Waals surface area contributed by atoms with E-state index in [0.29, 0.717) is 5.92 Å². The fraction of sp³-hybridized carbons (Fsp3) is 0.500. The third-order valence-electron chi connectivity index (χ3n) is 3.47. The quantitative estimate of drug-likeness (QED) is 0.931. The van der Waals surface area contributed by atoms with Crippen molar-refractivity contribution in [2.45, 2.75) is 32.1 Å². The van der Waals surface area contributed by atoms with E-state index < -0.39 is 0 Å². The molecule has 0 bridgehead atoms. The second-order valence-corrected chi connectivity index (χ2v) is 5.88. The molecule has 2 aromatic heterocycles. The molecule has 0 spiro atoms. The van der Waals surface area contributed by atoms with Crippen LogP contribution < -0.4 is 5.32 Å². The Morgan fingerprint density at radius 2 is 2.21 bits per heavy atom. The standard InChI is InChI=1S/C14H18N4S/c1-2-15-9-10-5-3-6-11-12(10)18-14(19-11)13-16-7-4-8-17-13/h4,7-8,10,15H,2-3,5-6,9H2,1H3. The summed E-state index contributed by atoms with van der Waals surface area (Å²) in [6.45, 7) is 4.20. The van der Waals surface area contributed by atoms with E-state index in [1.807, 2.05) is 6.07 Å². The van der Waals surface area contributed by atoms with Crippen LogP contribution >= 0.6 is 11.3 Å². The average molecular weight is 274 g/mol. The van der Waals surface area contributed by atoms with Gasteiger partial charge in [0.2, 0.25) is 0 Å². The van der Waals surface area contributed by atoms with E-state index >= 15 is 0 Å². The third kappa shape index (κ3) is 2.67. The van der Waals surface area contributed by atoms with Gasteiger partial charge in [0, 0.05) is 29.7 Å². The summed E-state index contributed by atoms with van der Waals surface area (Å²) in [5.74, 6) is 1.31. The first-order valence-electron chi connectivity index (χ1n) is 6.86. The van der Waals surface area contributed by atoms with Crippen LogP contribution in [0.4, 0.5) is 0 Å². The maximum Gasteiger partial charge on any atom is 0.188 e. The van der Waals surface area contributed by atoms with Crippen molar-refractivity contribution in [1.29, 1.82) is 0 Å². The fourth-order valence-corrected chi connectivity index (χ4v) is 3.67. The van der Waals surface area contributed by atoms with Crippen molar-refractivity contribution in [3.05, 3.63) is 29.0 Å². The predicted octanol–water partition coefficient (Wildman–Crippen LogP) is 2.63. The molecule has 1 N–H and O–H groups in total. The molecule has 0 saturated heterocycles. The number of aryl methyl sites for hydroxylation is 1. The van der Waals surface area contributed by atoms with E-state index in [9.17, 15) is 0 Å². The van der Waals surface area contributed by atoms with Crippen molar-refractivity contribution in [2.75, 3.05) is 13.1 Å². The van der Waals surface area contributed by atoms with Crippen molar-refractivity contribution in [2.24, 2.45) is 0 Å². The number of fused-ring (bicyclic) bond motifs is 1. The van der Waals surface area contributed by atoms with Crippen LogP contribution in [-0.4, -0.2) is 28.0 Å². The summed E-state index contributed by atoms with van der Waals surface area (Å²) >= 11 is 1.76. The molecule has 19 heavy (non-hydrogen) atoms. The lowest BCUT2D eigenvalue weighted by atomic mass is 9.91. The van der Waals surface area contributed by atoms with Gasteiger partial charge in [-0.2, -0.15) is 0 Å². The first-order chi connectivity index (χ1) is 9.38. The highest BCUT2D eigenvalue weighted by Crippen LogP contribution is 2.36. The van der Waals surface area contributed by atoms with Crippen LogP contribution in [0.1, 0.15) is 36.3 Å². The summed E-state index contributed by atoms with van der Waals surface area (Å²) < 4.78 is 0. The van der Waals surface area contributed by atoms with Gasteiger partial charge in [-0.25, -0.2) is 15.0 Å². The third-order valence-corrected chi connectivity index (χ3v) is 4.60. The number of aromatic nitrogens is 3. The lowest BCUT2D eigenvalue weighted by Gasteiger charge is -2.21. The normalized spacial score (nSPS) is 18.3. The minimum Gasteiger partial charge on any atom is -0.316 e. The topological polar surface area (TPSA) is 50.7 Å². The summed E-state index contributed by atoms with van der Waals surface area (Å²) in [6.07, 6.45) is 7.21. The molecule has 2 aromatic rings. The molecule has 4 nitrogen and oxygen atoms in total. The van der Waals surface area contributed by atoms with Gasteiger partial charge in [-0.1, -0.05) is 6.92 Å². The van der Waals surface area contributed by atoms with Crippen LogP contribution in [0.2, 0.25) is 0 Å². The van der Waals surface area contributed by atoms with E-state index in [4.69, 9.17) is 4.98 Å². The zero-order valence-corrected chi connectivity index (χ0v) is 11.9. The van der Waals surface area contributed by atoms with Crippen LogP contribution in [0.15, 0.2) is 18.5 Å². The molecule has 0 radical (unpaired) electrons. The minimum atomic E-state index is 0.553. The van der Waals surface area contributed by atoms with Crippen LogP contribution in [0.5, 0.6) is 0 Å². The maximum absolute atomic E-state index is 4.81. The summed E-state index contributed by atoms with van der Waals surface area (Å²) in [5, 5.41) is 4.41. The SMILES string of the molecule is CCNCC1CCCc2sc(-c3ncccn3)nc21. The van der Waals surface area contributed by atoms with Gasteiger partial charge in [0.25, 0.3) is 0 Å². The van der Waals surface area contributed by atoms with Crippen LogP contribution in [-0.2, 0) is 6.42 Å². The smallest absolute Gasteiger partial charge is 0.188 e. The number of nitrogens with zero attached hydrogens (tertiary/aromatic N) is 3. The zero-order chi connectivity index (χ0) is 13.1. The predicted molar refractivity (Wildman–Crippen MR) is 77.4 cm³/mol. The highest BCUT2D eigenvalue weighted by molar-refractivity contribution is 7.15. The maximum atomic E-state index is 4.81. The largest absolute Gasteiger partial charge is 0.316 e. The molecule has 5 heteroatoms. The number of rotatable bonds is 4. The van der Waals surface area contributed by atoms with Gasteiger partial charge < -0.3 is 5.32 Å². The van der Waals surface area contributed by atoms with Gasteiger partial charge in [-0.15, -0.1) is 11.3 Å². The van der Waals surface area contributed by atoms with Gasteiger partial charge in [0.1, 0.15) is 0 Å². The number of likely N-dealkylation sites (N-methyl/N-ethyl adjacent to an activating group) is 1. The molecule has 0 aromatic carbocycles. The van der Waals surface area contributed by atoms with Gasteiger partial charge in [0.05, 0.1) is 5.69 Å². The Labute approximate surface area is 117 Å². The molecule has 1 unspecified atom stereocenters. The lowest BCUT2D eigenvalue weighted by molar-refractivity contribution is 0.509. The minimum absolute atomic E-state index is 0.553. The molecular weight excluding hydrogens is 256 g/mol. The molecule has 2 heterocycles. The van der Waals surface area contributed by atoms with E-state index in [1.54, 1.807) is 23.7 Å². The molecule has 0 fully saturated rings. The van der Waals surface area contributed by atoms with Gasteiger partial charge >= 0.3 is 0 Å². The average Bonchev–Trinajstić information content (AvgIpc) is 2.90. The Bertz CT molecular complexity index is 538. The molecule has 1 atom stereocenters. The summed E-state index contributed by atoms with van der Waals surface area (Å²) in [4.78, 5) is 14.8. The number of nitrogens with one attached hydrogen (secondary N) is 1. The van der Waals surface area contributed by atoms with Crippen LogP contribution in [0, 0.1) is 0 Å². The Morgan fingerprint density at radius 3 is 3.00 bits per heavy atom. The van der Waals surface area contributed by atoms with Gasteiger partial charge in [-0.3, -0.25) is 0 Å². The fourth-order valence-electron chi connectivity index (χ4n) is 2.53. The zero-order valence-electron chi connectivity index (χ0n) is 11.1. The summed E-state index contributed by atoms with van der Waals surface area (Å²) in [6, 6.07) is 1.84. The number of thiazole rings is 1. The first kappa shape index (κ1) is 12.7. The van der Waals surface area contributed by atoms with E-state index in [-0.39, 0.29) is 0 Å². The molecule has 0 amide bonds. The lowest BCUT2D eigenvalue weighted by Crippen LogP contribution is -2.23. The van der Waals surface area contributed by atoms with E-state index in [0.717, 1.165) is 30.3 Å². The van der Waals surface area contributed by atoms with Gasteiger partial charge in [0.15, 0.2) is 10.8 Å². The van der Waals surface area contributed by atoms with E-state index in [2.05, 4.69) is 22.2 Å². The van der Waals surface area contributed by atoms with E-state index in [1.165, 1.54) is 23.4 Å². The molecule has 100 valence electrons. The van der Waals surface area contributed by atoms with Crippen molar-refractivity contribution >= 4 is 11.3 Å². The Hall–Kier alpha value is -1.33. The summed E-state index contributed by atoms with van der Waals surface area (Å²) in [5.41, 5.74) is 1.28. The highest BCUT2D eigenvalue weighted by Gasteiger charge is 2.25. The number of hydrogen-bond donors (Lipinski definition) is 1.